The Bertz CT molecular complexity index is 378. The number of rotatable bonds is 4. The van der Waals surface area contributed by atoms with Crippen molar-refractivity contribution >= 4 is 14.1 Å². The maximum absolute atomic E-state index is 5.37. The van der Waals surface area contributed by atoms with E-state index >= 15 is 0 Å². The minimum atomic E-state index is -1.18. The van der Waals surface area contributed by atoms with Gasteiger partial charge in [-0.15, -0.1) is 0 Å². The molecule has 0 spiro atoms. The first-order chi connectivity index (χ1) is 7.48. The van der Waals surface area contributed by atoms with Crippen LogP contribution in [0.5, 0.6) is 11.5 Å². The molecule has 1 rings (SSSR count). The Kier molecular flexibility index (Phi) is 4.18. The van der Waals surface area contributed by atoms with E-state index in [0.717, 1.165) is 17.1 Å². The zero-order chi connectivity index (χ0) is 12.2. The van der Waals surface area contributed by atoms with E-state index in [-0.39, 0.29) is 0 Å². The molecule has 0 unspecified atom stereocenters. The van der Waals surface area contributed by atoms with Gasteiger partial charge >= 0.3 is 0 Å². The fraction of sp³-hybridized carbons (Fsp3) is 0.385. The second kappa shape index (κ2) is 5.21. The Morgan fingerprint density at radius 2 is 1.75 bits per heavy atom. The molecule has 3 heteroatoms. The zero-order valence-corrected chi connectivity index (χ0v) is 11.7. The number of hydrogen-bond acceptors (Lipinski definition) is 2. The third-order valence-corrected chi connectivity index (χ3v) is 3.36. The fourth-order valence-electron chi connectivity index (χ4n) is 1.38. The minimum Gasteiger partial charge on any atom is -0.493 e. The summed E-state index contributed by atoms with van der Waals surface area (Å²) in [5.74, 6) is 1.58. The summed E-state index contributed by atoms with van der Waals surface area (Å²) < 4.78 is 10.6. The number of para-hydroxylation sites is 1. The highest BCUT2D eigenvalue weighted by Crippen LogP contribution is 2.31. The van der Waals surface area contributed by atoms with E-state index in [1.54, 1.807) is 14.2 Å². The summed E-state index contributed by atoms with van der Waals surface area (Å²) in [4.78, 5) is 0. The van der Waals surface area contributed by atoms with Gasteiger partial charge in [-0.05, 0) is 6.07 Å². The molecule has 0 bridgehead atoms. The Hall–Kier alpha value is -1.22. The Labute approximate surface area is 98.9 Å². The van der Waals surface area contributed by atoms with Gasteiger partial charge in [0.05, 0.1) is 22.3 Å². The molecule has 16 heavy (non-hydrogen) atoms. The summed E-state index contributed by atoms with van der Waals surface area (Å²) in [5.41, 5.74) is 3.37. The van der Waals surface area contributed by atoms with Crippen LogP contribution in [0.2, 0.25) is 19.6 Å². The first kappa shape index (κ1) is 12.8. The van der Waals surface area contributed by atoms with E-state index < -0.39 is 8.07 Å². The minimum absolute atomic E-state index is 0.778. The van der Waals surface area contributed by atoms with Crippen LogP contribution in [0.1, 0.15) is 5.56 Å². The van der Waals surface area contributed by atoms with Crippen molar-refractivity contribution in [2.45, 2.75) is 19.6 Å². The van der Waals surface area contributed by atoms with Crippen molar-refractivity contribution in [3.05, 3.63) is 29.5 Å². The fourth-order valence-corrected chi connectivity index (χ4v) is 2.06. The van der Waals surface area contributed by atoms with Gasteiger partial charge in [-0.25, -0.2) is 0 Å². The Morgan fingerprint density at radius 3 is 2.25 bits per heavy atom. The van der Waals surface area contributed by atoms with Gasteiger partial charge in [-0.2, -0.15) is 0 Å². The molecule has 1 aromatic rings. The normalized spacial score (nSPS) is 11.8. The van der Waals surface area contributed by atoms with Crippen molar-refractivity contribution in [2.24, 2.45) is 0 Å². The van der Waals surface area contributed by atoms with E-state index in [2.05, 4.69) is 31.4 Å². The lowest BCUT2D eigenvalue weighted by molar-refractivity contribution is 0.354. The van der Waals surface area contributed by atoms with Crippen LogP contribution in [0.25, 0.3) is 6.08 Å². The molecular formula is C13H20O2Si. The molecule has 0 N–H and O–H groups in total. The molecule has 88 valence electrons. The summed E-state index contributed by atoms with van der Waals surface area (Å²) >= 11 is 0. The first-order valence-corrected chi connectivity index (χ1v) is 8.96. The van der Waals surface area contributed by atoms with E-state index in [0.29, 0.717) is 0 Å². The van der Waals surface area contributed by atoms with Crippen LogP contribution in [0, 0.1) is 0 Å². The lowest BCUT2D eigenvalue weighted by Crippen LogP contribution is -2.15. The molecule has 0 atom stereocenters. The van der Waals surface area contributed by atoms with Crippen LogP contribution >= 0.6 is 0 Å². The number of benzene rings is 1. The molecular weight excluding hydrogens is 216 g/mol. The predicted molar refractivity (Wildman–Crippen MR) is 71.9 cm³/mol. The highest BCUT2D eigenvalue weighted by Gasteiger charge is 2.10. The zero-order valence-electron chi connectivity index (χ0n) is 10.7. The van der Waals surface area contributed by atoms with Crippen molar-refractivity contribution in [3.8, 4) is 11.5 Å². The maximum atomic E-state index is 5.37. The monoisotopic (exact) mass is 236 g/mol. The number of hydrogen-bond donors (Lipinski definition) is 0. The van der Waals surface area contributed by atoms with Gasteiger partial charge in [0, 0.05) is 5.56 Å². The molecule has 0 amide bonds. The molecule has 0 saturated heterocycles. The predicted octanol–water partition coefficient (Wildman–Crippen LogP) is 3.59. The van der Waals surface area contributed by atoms with Gasteiger partial charge in [0.15, 0.2) is 11.5 Å². The summed E-state index contributed by atoms with van der Waals surface area (Å²) in [6.45, 7) is 6.91. The molecule has 0 radical (unpaired) electrons. The van der Waals surface area contributed by atoms with Crippen LogP contribution < -0.4 is 9.47 Å². The quantitative estimate of drug-likeness (QED) is 0.744. The van der Waals surface area contributed by atoms with Gasteiger partial charge in [-0.1, -0.05) is 43.5 Å². The summed E-state index contributed by atoms with van der Waals surface area (Å²) in [6, 6.07) is 5.92. The molecule has 0 aliphatic rings. The van der Waals surface area contributed by atoms with Crippen LogP contribution in [-0.4, -0.2) is 22.3 Å². The molecule has 0 saturated carbocycles. The van der Waals surface area contributed by atoms with Crippen molar-refractivity contribution in [3.63, 3.8) is 0 Å². The first-order valence-electron chi connectivity index (χ1n) is 5.38. The van der Waals surface area contributed by atoms with Gasteiger partial charge in [0.1, 0.15) is 0 Å². The average Bonchev–Trinajstić information content (AvgIpc) is 2.24. The summed E-state index contributed by atoms with van der Waals surface area (Å²) in [7, 11) is 2.15. The molecule has 0 aliphatic heterocycles. The Morgan fingerprint density at radius 1 is 1.06 bits per heavy atom. The van der Waals surface area contributed by atoms with E-state index in [1.165, 1.54) is 0 Å². The lowest BCUT2D eigenvalue weighted by Gasteiger charge is -2.12. The molecule has 0 heterocycles. The molecule has 0 fully saturated rings. The van der Waals surface area contributed by atoms with Crippen LogP contribution in [-0.2, 0) is 0 Å². The number of ether oxygens (including phenoxy) is 2. The van der Waals surface area contributed by atoms with E-state index in [1.807, 2.05) is 18.2 Å². The standard InChI is InChI=1S/C13H20O2Si/c1-14-12-8-6-7-11(13(12)15-2)9-10-16(3,4)5/h6-10H,1-5H3/b10-9+. The second-order valence-corrected chi connectivity index (χ2v) is 9.85. The maximum Gasteiger partial charge on any atom is 0.167 e. The average molecular weight is 236 g/mol. The molecule has 2 nitrogen and oxygen atoms in total. The van der Waals surface area contributed by atoms with E-state index in [4.69, 9.17) is 9.47 Å². The number of methoxy groups -OCH3 is 2. The van der Waals surface area contributed by atoms with Gasteiger partial charge in [0.2, 0.25) is 0 Å². The third kappa shape index (κ3) is 3.42. The topological polar surface area (TPSA) is 18.5 Å². The smallest absolute Gasteiger partial charge is 0.167 e. The van der Waals surface area contributed by atoms with Gasteiger partial charge in [0.25, 0.3) is 0 Å². The largest absolute Gasteiger partial charge is 0.493 e. The molecule has 0 aromatic heterocycles. The molecule has 1 aromatic carbocycles. The summed E-state index contributed by atoms with van der Waals surface area (Å²) in [5, 5.41) is 0. The highest BCUT2D eigenvalue weighted by atomic mass is 28.3. The Balaban J connectivity index is 3.09. The van der Waals surface area contributed by atoms with Gasteiger partial charge in [-0.3, -0.25) is 0 Å². The third-order valence-electron chi connectivity index (χ3n) is 2.20. The van der Waals surface area contributed by atoms with Crippen molar-refractivity contribution in [1.29, 1.82) is 0 Å². The van der Waals surface area contributed by atoms with E-state index in [9.17, 15) is 0 Å². The SMILES string of the molecule is COc1cccc(/C=C/[Si](C)(C)C)c1OC. The van der Waals surface area contributed by atoms with Crippen LogP contribution in [0.3, 0.4) is 0 Å². The van der Waals surface area contributed by atoms with Crippen molar-refractivity contribution in [2.75, 3.05) is 14.2 Å². The van der Waals surface area contributed by atoms with Crippen LogP contribution in [0.15, 0.2) is 23.9 Å². The summed E-state index contributed by atoms with van der Waals surface area (Å²) in [6.07, 6.45) is 2.13. The lowest BCUT2D eigenvalue weighted by atomic mass is 10.2. The van der Waals surface area contributed by atoms with Crippen LogP contribution in [0.4, 0.5) is 0 Å². The highest BCUT2D eigenvalue weighted by molar-refractivity contribution is 6.81. The molecule has 0 aliphatic carbocycles. The van der Waals surface area contributed by atoms with Gasteiger partial charge < -0.3 is 9.47 Å². The second-order valence-electron chi connectivity index (χ2n) is 4.78. The van der Waals surface area contributed by atoms with Crippen molar-refractivity contribution in [1.82, 2.24) is 0 Å². The van der Waals surface area contributed by atoms with Crippen molar-refractivity contribution < 1.29 is 9.47 Å².